The van der Waals surface area contributed by atoms with Crippen molar-refractivity contribution < 1.29 is 4.42 Å². The lowest BCUT2D eigenvalue weighted by Gasteiger charge is -1.98. The van der Waals surface area contributed by atoms with Gasteiger partial charge in [-0.3, -0.25) is 0 Å². The van der Waals surface area contributed by atoms with Crippen LogP contribution in [0.5, 0.6) is 0 Å². The molecule has 0 aliphatic carbocycles. The van der Waals surface area contributed by atoms with Crippen LogP contribution in [0.4, 0.5) is 11.7 Å². The van der Waals surface area contributed by atoms with Crippen molar-refractivity contribution in [2.75, 3.05) is 11.2 Å². The summed E-state index contributed by atoms with van der Waals surface area (Å²) in [6.45, 7) is 0. The third-order valence-corrected chi connectivity index (χ3v) is 1.99. The van der Waals surface area contributed by atoms with Crippen LogP contribution in [-0.2, 0) is 6.42 Å². The SMILES string of the molecule is ClCCc1nnc(Nc2ccccc2)o1. The van der Waals surface area contributed by atoms with E-state index in [1.54, 1.807) is 0 Å². The van der Waals surface area contributed by atoms with Crippen molar-refractivity contribution >= 4 is 23.3 Å². The number of benzene rings is 1. The molecule has 0 unspecified atom stereocenters. The van der Waals surface area contributed by atoms with Crippen LogP contribution in [0.25, 0.3) is 0 Å². The van der Waals surface area contributed by atoms with Gasteiger partial charge in [0.25, 0.3) is 0 Å². The summed E-state index contributed by atoms with van der Waals surface area (Å²) in [6, 6.07) is 10.0. The Kier molecular flexibility index (Phi) is 3.19. The maximum Gasteiger partial charge on any atom is 0.320 e. The molecule has 0 bridgehead atoms. The Morgan fingerprint density at radius 1 is 1.20 bits per heavy atom. The van der Waals surface area contributed by atoms with Gasteiger partial charge in [0.1, 0.15) is 0 Å². The summed E-state index contributed by atoms with van der Waals surface area (Å²) in [4.78, 5) is 0. The molecule has 0 aliphatic rings. The molecule has 4 nitrogen and oxygen atoms in total. The van der Waals surface area contributed by atoms with Crippen LogP contribution in [0.2, 0.25) is 0 Å². The lowest BCUT2D eigenvalue weighted by atomic mass is 10.3. The zero-order chi connectivity index (χ0) is 10.5. The van der Waals surface area contributed by atoms with Crippen molar-refractivity contribution in [3.8, 4) is 0 Å². The molecule has 1 heterocycles. The Bertz CT molecular complexity index is 416. The van der Waals surface area contributed by atoms with Gasteiger partial charge in [-0.2, -0.15) is 0 Å². The molecule has 1 N–H and O–H groups in total. The van der Waals surface area contributed by atoms with Gasteiger partial charge in [-0.1, -0.05) is 23.3 Å². The van der Waals surface area contributed by atoms with Crippen molar-refractivity contribution in [1.82, 2.24) is 10.2 Å². The van der Waals surface area contributed by atoms with Crippen LogP contribution in [0, 0.1) is 0 Å². The fourth-order valence-electron chi connectivity index (χ4n) is 1.13. The van der Waals surface area contributed by atoms with E-state index in [1.807, 2.05) is 30.3 Å². The summed E-state index contributed by atoms with van der Waals surface area (Å²) in [5, 5.41) is 10.7. The Morgan fingerprint density at radius 3 is 2.73 bits per heavy atom. The maximum atomic E-state index is 5.56. The normalized spacial score (nSPS) is 10.2. The largest absolute Gasteiger partial charge is 0.408 e. The topological polar surface area (TPSA) is 51.0 Å². The molecule has 0 saturated heterocycles. The average molecular weight is 224 g/mol. The first-order valence-electron chi connectivity index (χ1n) is 4.59. The molecular formula is C10H10ClN3O. The van der Waals surface area contributed by atoms with Crippen LogP contribution in [0.15, 0.2) is 34.7 Å². The predicted molar refractivity (Wildman–Crippen MR) is 58.4 cm³/mol. The second-order valence-electron chi connectivity index (χ2n) is 2.93. The van der Waals surface area contributed by atoms with E-state index >= 15 is 0 Å². The molecule has 5 heteroatoms. The van der Waals surface area contributed by atoms with Crippen molar-refractivity contribution in [3.63, 3.8) is 0 Å². The number of nitrogens with zero attached hydrogens (tertiary/aromatic N) is 2. The van der Waals surface area contributed by atoms with E-state index in [0.29, 0.717) is 24.2 Å². The lowest BCUT2D eigenvalue weighted by molar-refractivity contribution is 0.516. The van der Waals surface area contributed by atoms with Crippen LogP contribution in [0.1, 0.15) is 5.89 Å². The zero-order valence-electron chi connectivity index (χ0n) is 7.98. The first-order valence-corrected chi connectivity index (χ1v) is 5.12. The van der Waals surface area contributed by atoms with Crippen molar-refractivity contribution in [2.45, 2.75) is 6.42 Å². The van der Waals surface area contributed by atoms with E-state index in [2.05, 4.69) is 15.5 Å². The predicted octanol–water partition coefficient (Wildman–Crippen LogP) is 2.59. The van der Waals surface area contributed by atoms with Crippen molar-refractivity contribution in [2.24, 2.45) is 0 Å². The number of nitrogens with one attached hydrogen (secondary N) is 1. The smallest absolute Gasteiger partial charge is 0.320 e. The standard InChI is InChI=1S/C10H10ClN3O/c11-7-6-9-13-14-10(15-9)12-8-4-2-1-3-5-8/h1-5H,6-7H2,(H,12,14). The van der Waals surface area contributed by atoms with E-state index in [0.717, 1.165) is 5.69 Å². The van der Waals surface area contributed by atoms with Gasteiger partial charge in [-0.05, 0) is 12.1 Å². The van der Waals surface area contributed by atoms with Gasteiger partial charge in [0.2, 0.25) is 5.89 Å². The van der Waals surface area contributed by atoms with Gasteiger partial charge < -0.3 is 9.73 Å². The van der Waals surface area contributed by atoms with Gasteiger partial charge in [0, 0.05) is 18.0 Å². The minimum absolute atomic E-state index is 0.390. The highest BCUT2D eigenvalue weighted by Crippen LogP contribution is 2.14. The number of para-hydroxylation sites is 1. The molecule has 2 rings (SSSR count). The summed E-state index contributed by atoms with van der Waals surface area (Å²) in [6.07, 6.45) is 0.588. The fourth-order valence-corrected chi connectivity index (χ4v) is 1.29. The number of aromatic nitrogens is 2. The molecule has 78 valence electrons. The molecule has 1 aromatic heterocycles. The number of rotatable bonds is 4. The third-order valence-electron chi connectivity index (χ3n) is 1.80. The van der Waals surface area contributed by atoms with E-state index in [1.165, 1.54) is 0 Å². The summed E-state index contributed by atoms with van der Waals surface area (Å²) in [5.74, 6) is 1.02. The summed E-state index contributed by atoms with van der Waals surface area (Å²) in [7, 11) is 0. The number of aryl methyl sites for hydroxylation is 1. The van der Waals surface area contributed by atoms with E-state index in [4.69, 9.17) is 16.0 Å². The molecule has 0 radical (unpaired) electrons. The quantitative estimate of drug-likeness (QED) is 0.810. The molecule has 2 aromatic rings. The highest BCUT2D eigenvalue weighted by atomic mass is 35.5. The van der Waals surface area contributed by atoms with Gasteiger partial charge in [-0.25, -0.2) is 0 Å². The second kappa shape index (κ2) is 4.79. The summed E-state index contributed by atoms with van der Waals surface area (Å²) >= 11 is 5.56. The van der Waals surface area contributed by atoms with E-state index in [9.17, 15) is 0 Å². The Hall–Kier alpha value is -1.55. The first kappa shape index (κ1) is 9.98. The van der Waals surface area contributed by atoms with Gasteiger partial charge in [0.05, 0.1) is 0 Å². The molecular weight excluding hydrogens is 214 g/mol. The van der Waals surface area contributed by atoms with Gasteiger partial charge >= 0.3 is 6.01 Å². The van der Waals surface area contributed by atoms with E-state index < -0.39 is 0 Å². The zero-order valence-corrected chi connectivity index (χ0v) is 8.74. The first-order chi connectivity index (χ1) is 7.38. The maximum absolute atomic E-state index is 5.56. The van der Waals surface area contributed by atoms with Gasteiger partial charge in [-0.15, -0.1) is 16.7 Å². The second-order valence-corrected chi connectivity index (χ2v) is 3.31. The Balaban J connectivity index is 2.05. The fraction of sp³-hybridized carbons (Fsp3) is 0.200. The van der Waals surface area contributed by atoms with Crippen LogP contribution < -0.4 is 5.32 Å². The van der Waals surface area contributed by atoms with Crippen LogP contribution >= 0.6 is 11.6 Å². The van der Waals surface area contributed by atoms with Crippen molar-refractivity contribution in [1.29, 1.82) is 0 Å². The lowest BCUT2D eigenvalue weighted by Crippen LogP contribution is -1.88. The molecule has 0 aliphatic heterocycles. The average Bonchev–Trinajstić information content (AvgIpc) is 2.68. The van der Waals surface area contributed by atoms with Gasteiger partial charge in [0.15, 0.2) is 0 Å². The minimum Gasteiger partial charge on any atom is -0.408 e. The molecule has 1 aromatic carbocycles. The highest BCUT2D eigenvalue weighted by Gasteiger charge is 2.04. The molecule has 0 saturated carbocycles. The third kappa shape index (κ3) is 2.70. The number of hydrogen-bond acceptors (Lipinski definition) is 4. The Labute approximate surface area is 92.3 Å². The number of alkyl halides is 1. The molecule has 15 heavy (non-hydrogen) atoms. The molecule has 0 spiro atoms. The van der Waals surface area contributed by atoms with Crippen LogP contribution in [-0.4, -0.2) is 16.1 Å². The highest BCUT2D eigenvalue weighted by molar-refractivity contribution is 6.17. The van der Waals surface area contributed by atoms with E-state index in [-0.39, 0.29) is 0 Å². The van der Waals surface area contributed by atoms with Crippen LogP contribution in [0.3, 0.4) is 0 Å². The summed E-state index contributed by atoms with van der Waals surface area (Å²) in [5.41, 5.74) is 0.915. The summed E-state index contributed by atoms with van der Waals surface area (Å²) < 4.78 is 5.31. The molecule has 0 fully saturated rings. The Morgan fingerprint density at radius 2 is 2.00 bits per heavy atom. The number of hydrogen-bond donors (Lipinski definition) is 1. The van der Waals surface area contributed by atoms with Crippen molar-refractivity contribution in [3.05, 3.63) is 36.2 Å². The minimum atomic E-state index is 0.390. The number of anilines is 2. The monoisotopic (exact) mass is 223 g/mol. The number of halogens is 1. The molecule has 0 amide bonds. The molecule has 0 atom stereocenters.